The number of hydrogen-bond acceptors (Lipinski definition) is 2. The van der Waals surface area contributed by atoms with Gasteiger partial charge in [0.25, 0.3) is 0 Å². The summed E-state index contributed by atoms with van der Waals surface area (Å²) in [5.74, 6) is 1.32. The number of thiocarbonyl (C=S) groups is 1. The SMILES string of the molecule is CCOc1ccc(C(C)CC(N)=S)cc1C(C)(C)C. The summed E-state index contributed by atoms with van der Waals surface area (Å²) in [5, 5.41) is 0. The molecule has 1 atom stereocenters. The number of nitrogens with two attached hydrogens (primary N) is 1. The van der Waals surface area contributed by atoms with Gasteiger partial charge in [0.05, 0.1) is 11.6 Å². The second-order valence-corrected chi connectivity index (χ2v) is 6.53. The first-order valence-electron chi connectivity index (χ1n) is 6.81. The average Bonchev–Trinajstić information content (AvgIpc) is 2.27. The van der Waals surface area contributed by atoms with Crippen molar-refractivity contribution >= 4 is 17.2 Å². The molecule has 0 amide bonds. The van der Waals surface area contributed by atoms with Gasteiger partial charge >= 0.3 is 0 Å². The van der Waals surface area contributed by atoms with Crippen LogP contribution >= 0.6 is 12.2 Å². The van der Waals surface area contributed by atoms with Gasteiger partial charge in [0.2, 0.25) is 0 Å². The van der Waals surface area contributed by atoms with Crippen molar-refractivity contribution in [3.63, 3.8) is 0 Å². The maximum Gasteiger partial charge on any atom is 0.123 e. The van der Waals surface area contributed by atoms with E-state index in [0.717, 1.165) is 12.2 Å². The fraction of sp³-hybridized carbons (Fsp3) is 0.562. The smallest absolute Gasteiger partial charge is 0.123 e. The van der Waals surface area contributed by atoms with Crippen molar-refractivity contribution in [3.05, 3.63) is 29.3 Å². The van der Waals surface area contributed by atoms with Gasteiger partial charge in [-0.15, -0.1) is 0 Å². The van der Waals surface area contributed by atoms with Crippen LogP contribution in [0.3, 0.4) is 0 Å². The highest BCUT2D eigenvalue weighted by Gasteiger charge is 2.20. The van der Waals surface area contributed by atoms with E-state index in [0.29, 0.717) is 17.5 Å². The normalized spacial score (nSPS) is 13.1. The van der Waals surface area contributed by atoms with Crippen molar-refractivity contribution in [2.24, 2.45) is 5.73 Å². The summed E-state index contributed by atoms with van der Waals surface area (Å²) in [7, 11) is 0. The predicted molar refractivity (Wildman–Crippen MR) is 86.1 cm³/mol. The number of benzene rings is 1. The standard InChI is InChI=1S/C16H25NOS/c1-6-18-14-8-7-12(11(2)9-15(17)19)10-13(14)16(3,4)5/h7-8,10-11H,6,9H2,1-5H3,(H2,17,19). The lowest BCUT2D eigenvalue weighted by molar-refractivity contribution is 0.329. The van der Waals surface area contributed by atoms with Crippen LogP contribution in [0.4, 0.5) is 0 Å². The van der Waals surface area contributed by atoms with Gasteiger partial charge in [-0.2, -0.15) is 0 Å². The molecule has 0 heterocycles. The second kappa shape index (κ2) is 6.38. The molecule has 1 unspecified atom stereocenters. The second-order valence-electron chi connectivity index (χ2n) is 6.01. The first-order valence-corrected chi connectivity index (χ1v) is 7.22. The summed E-state index contributed by atoms with van der Waals surface area (Å²) in [6.07, 6.45) is 0.743. The molecule has 106 valence electrons. The van der Waals surface area contributed by atoms with Crippen molar-refractivity contribution in [3.8, 4) is 5.75 Å². The Morgan fingerprint density at radius 1 is 1.37 bits per heavy atom. The Hall–Kier alpha value is -1.09. The van der Waals surface area contributed by atoms with Gasteiger partial charge in [0.1, 0.15) is 5.75 Å². The molecule has 0 bridgehead atoms. The van der Waals surface area contributed by atoms with Crippen molar-refractivity contribution in [1.82, 2.24) is 0 Å². The molecule has 3 heteroatoms. The zero-order valence-electron chi connectivity index (χ0n) is 12.6. The molecule has 1 aromatic rings. The first kappa shape index (κ1) is 16.0. The largest absolute Gasteiger partial charge is 0.494 e. The van der Waals surface area contributed by atoms with Gasteiger partial charge in [0, 0.05) is 6.42 Å². The Labute approximate surface area is 122 Å². The van der Waals surface area contributed by atoms with E-state index in [4.69, 9.17) is 22.7 Å². The van der Waals surface area contributed by atoms with Gasteiger partial charge in [-0.25, -0.2) is 0 Å². The lowest BCUT2D eigenvalue weighted by Gasteiger charge is -2.24. The number of hydrogen-bond donors (Lipinski definition) is 1. The lowest BCUT2D eigenvalue weighted by Crippen LogP contribution is -2.15. The summed E-state index contributed by atoms with van der Waals surface area (Å²) >= 11 is 5.00. The highest BCUT2D eigenvalue weighted by molar-refractivity contribution is 7.80. The predicted octanol–water partition coefficient (Wildman–Crippen LogP) is 4.16. The highest BCUT2D eigenvalue weighted by Crippen LogP contribution is 2.34. The highest BCUT2D eigenvalue weighted by atomic mass is 32.1. The Kier molecular flexibility index (Phi) is 5.36. The summed E-state index contributed by atoms with van der Waals surface area (Å²) < 4.78 is 5.73. The van der Waals surface area contributed by atoms with Gasteiger partial charge in [0.15, 0.2) is 0 Å². The molecule has 19 heavy (non-hydrogen) atoms. The molecule has 0 aliphatic rings. The van der Waals surface area contributed by atoms with E-state index in [1.54, 1.807) is 0 Å². The Balaban J connectivity index is 3.14. The minimum Gasteiger partial charge on any atom is -0.494 e. The summed E-state index contributed by atoms with van der Waals surface area (Å²) in [6.45, 7) is 11.5. The Morgan fingerprint density at radius 3 is 2.47 bits per heavy atom. The summed E-state index contributed by atoms with van der Waals surface area (Å²) in [6, 6.07) is 6.41. The average molecular weight is 279 g/mol. The van der Waals surface area contributed by atoms with Crippen molar-refractivity contribution in [2.75, 3.05) is 6.61 Å². The van der Waals surface area contributed by atoms with Crippen LogP contribution in [-0.2, 0) is 5.41 Å². The van der Waals surface area contributed by atoms with E-state index < -0.39 is 0 Å². The molecule has 0 radical (unpaired) electrons. The topological polar surface area (TPSA) is 35.2 Å². The molecule has 1 aromatic carbocycles. The summed E-state index contributed by atoms with van der Waals surface area (Å²) in [5.41, 5.74) is 8.20. The van der Waals surface area contributed by atoms with E-state index in [2.05, 4.69) is 45.9 Å². The molecular formula is C16H25NOS. The van der Waals surface area contributed by atoms with E-state index >= 15 is 0 Å². The molecular weight excluding hydrogens is 254 g/mol. The van der Waals surface area contributed by atoms with Crippen molar-refractivity contribution in [1.29, 1.82) is 0 Å². The van der Waals surface area contributed by atoms with Gasteiger partial charge in [-0.05, 0) is 35.4 Å². The Bertz CT molecular complexity index is 449. The van der Waals surface area contributed by atoms with E-state index in [1.165, 1.54) is 11.1 Å². The van der Waals surface area contributed by atoms with E-state index in [9.17, 15) is 0 Å². The molecule has 2 N–H and O–H groups in total. The first-order chi connectivity index (χ1) is 8.75. The van der Waals surface area contributed by atoms with Gasteiger partial charge < -0.3 is 10.5 Å². The Morgan fingerprint density at radius 2 is 2.00 bits per heavy atom. The molecule has 0 aliphatic carbocycles. The van der Waals surface area contributed by atoms with Crippen LogP contribution in [-0.4, -0.2) is 11.6 Å². The van der Waals surface area contributed by atoms with Crippen molar-refractivity contribution in [2.45, 2.75) is 52.4 Å². The van der Waals surface area contributed by atoms with E-state index in [-0.39, 0.29) is 5.41 Å². The van der Waals surface area contributed by atoms with Crippen LogP contribution in [0.2, 0.25) is 0 Å². The molecule has 0 fully saturated rings. The van der Waals surface area contributed by atoms with Crippen LogP contribution in [0.5, 0.6) is 5.75 Å². The van der Waals surface area contributed by atoms with Gasteiger partial charge in [-0.1, -0.05) is 52.0 Å². The molecule has 0 aromatic heterocycles. The lowest BCUT2D eigenvalue weighted by atomic mass is 9.83. The third-order valence-electron chi connectivity index (χ3n) is 3.19. The van der Waals surface area contributed by atoms with E-state index in [1.807, 2.05) is 6.92 Å². The summed E-state index contributed by atoms with van der Waals surface area (Å²) in [4.78, 5) is 0.568. The number of rotatable bonds is 5. The maximum atomic E-state index is 5.73. The van der Waals surface area contributed by atoms with Crippen LogP contribution < -0.4 is 10.5 Å². The molecule has 2 nitrogen and oxygen atoms in total. The van der Waals surface area contributed by atoms with Crippen LogP contribution in [0.25, 0.3) is 0 Å². The third kappa shape index (κ3) is 4.50. The fourth-order valence-corrected chi connectivity index (χ4v) is 2.39. The molecule has 1 rings (SSSR count). The van der Waals surface area contributed by atoms with Crippen molar-refractivity contribution < 1.29 is 4.74 Å². The maximum absolute atomic E-state index is 5.73. The molecule has 0 spiro atoms. The third-order valence-corrected chi connectivity index (χ3v) is 3.35. The van der Waals surface area contributed by atoms with Crippen LogP contribution in [0.15, 0.2) is 18.2 Å². The monoisotopic (exact) mass is 279 g/mol. The number of ether oxygens (including phenoxy) is 1. The van der Waals surface area contributed by atoms with Crippen LogP contribution in [0.1, 0.15) is 58.1 Å². The molecule has 0 saturated carbocycles. The minimum atomic E-state index is 0.0590. The zero-order chi connectivity index (χ0) is 14.6. The zero-order valence-corrected chi connectivity index (χ0v) is 13.4. The van der Waals surface area contributed by atoms with Crippen LogP contribution in [0, 0.1) is 0 Å². The van der Waals surface area contributed by atoms with Gasteiger partial charge in [-0.3, -0.25) is 0 Å². The molecule has 0 aliphatic heterocycles. The minimum absolute atomic E-state index is 0.0590. The fourth-order valence-electron chi connectivity index (χ4n) is 2.14. The molecule has 0 saturated heterocycles. The quantitative estimate of drug-likeness (QED) is 0.822.